The van der Waals surface area contributed by atoms with Crippen LogP contribution in [0.3, 0.4) is 0 Å². The summed E-state index contributed by atoms with van der Waals surface area (Å²) >= 11 is 0. The number of ether oxygens (including phenoxy) is 1. The minimum atomic E-state index is -0.599. The standard InChI is InChI=1S/C19H32O5/c1-3-4-5-8-14(20)11-12-16-15(17(21)13-18(16)22)9-6-7-10-19(23)24-2/h6-7,11-12,14-18,20-22H,3-5,8-10,13H2,1-2H3/b7-6-,12-11?/t14-,15-,16+,17-,18+/m1/s1. The summed E-state index contributed by atoms with van der Waals surface area (Å²) in [7, 11) is 1.35. The minimum Gasteiger partial charge on any atom is -0.469 e. The molecular formula is C19H32O5. The van der Waals surface area contributed by atoms with E-state index in [1.54, 1.807) is 12.2 Å². The lowest BCUT2D eigenvalue weighted by molar-refractivity contribution is -0.139. The number of aliphatic hydroxyl groups is 3. The zero-order valence-electron chi connectivity index (χ0n) is 14.8. The topological polar surface area (TPSA) is 87.0 Å². The molecule has 138 valence electrons. The molecular weight excluding hydrogens is 308 g/mol. The quantitative estimate of drug-likeness (QED) is 0.323. The van der Waals surface area contributed by atoms with Gasteiger partial charge in [0.15, 0.2) is 0 Å². The second-order valence-corrected chi connectivity index (χ2v) is 6.55. The predicted octanol–water partition coefficient (Wildman–Crippen LogP) is 2.35. The van der Waals surface area contributed by atoms with Gasteiger partial charge in [-0.1, -0.05) is 50.5 Å². The molecule has 1 rings (SSSR count). The zero-order valence-corrected chi connectivity index (χ0v) is 14.8. The van der Waals surface area contributed by atoms with Crippen LogP contribution in [0, 0.1) is 11.8 Å². The van der Waals surface area contributed by atoms with Crippen LogP contribution in [0.1, 0.15) is 51.9 Å². The van der Waals surface area contributed by atoms with Crippen molar-refractivity contribution in [3.8, 4) is 0 Å². The van der Waals surface area contributed by atoms with Crippen LogP contribution in [0.4, 0.5) is 0 Å². The molecule has 5 atom stereocenters. The summed E-state index contributed by atoms with van der Waals surface area (Å²) in [4.78, 5) is 11.1. The van der Waals surface area contributed by atoms with Crippen LogP contribution in [0.5, 0.6) is 0 Å². The summed E-state index contributed by atoms with van der Waals surface area (Å²) in [5, 5.41) is 30.3. The van der Waals surface area contributed by atoms with Crippen LogP contribution >= 0.6 is 0 Å². The number of esters is 1. The van der Waals surface area contributed by atoms with E-state index in [4.69, 9.17) is 0 Å². The number of methoxy groups -OCH3 is 1. The van der Waals surface area contributed by atoms with Crippen molar-refractivity contribution in [2.75, 3.05) is 7.11 Å². The fraction of sp³-hybridized carbons (Fsp3) is 0.737. The Morgan fingerprint density at radius 3 is 2.67 bits per heavy atom. The molecule has 0 spiro atoms. The van der Waals surface area contributed by atoms with E-state index >= 15 is 0 Å². The number of unbranched alkanes of at least 4 members (excludes halogenated alkanes) is 2. The van der Waals surface area contributed by atoms with Crippen molar-refractivity contribution < 1.29 is 24.9 Å². The average Bonchev–Trinajstić information content (AvgIpc) is 2.82. The van der Waals surface area contributed by atoms with Gasteiger partial charge in [0.05, 0.1) is 31.8 Å². The van der Waals surface area contributed by atoms with Crippen molar-refractivity contribution in [3.05, 3.63) is 24.3 Å². The van der Waals surface area contributed by atoms with Gasteiger partial charge in [-0.05, 0) is 18.8 Å². The summed E-state index contributed by atoms with van der Waals surface area (Å²) in [6, 6.07) is 0. The van der Waals surface area contributed by atoms with E-state index in [2.05, 4.69) is 11.7 Å². The third-order valence-electron chi connectivity index (χ3n) is 4.66. The highest BCUT2D eigenvalue weighted by molar-refractivity contribution is 5.70. The van der Waals surface area contributed by atoms with Gasteiger partial charge in [0.25, 0.3) is 0 Å². The Morgan fingerprint density at radius 2 is 2.00 bits per heavy atom. The number of rotatable bonds is 10. The molecule has 1 saturated carbocycles. The zero-order chi connectivity index (χ0) is 17.9. The van der Waals surface area contributed by atoms with Crippen LogP contribution in [0.15, 0.2) is 24.3 Å². The Bertz CT molecular complexity index is 418. The molecule has 24 heavy (non-hydrogen) atoms. The molecule has 0 aromatic carbocycles. The highest BCUT2D eigenvalue weighted by Gasteiger charge is 2.39. The average molecular weight is 340 g/mol. The number of allylic oxidation sites excluding steroid dienone is 1. The van der Waals surface area contributed by atoms with Crippen molar-refractivity contribution in [2.24, 2.45) is 11.8 Å². The Kier molecular flexibility index (Phi) is 9.91. The van der Waals surface area contributed by atoms with Gasteiger partial charge < -0.3 is 20.1 Å². The van der Waals surface area contributed by atoms with Crippen LogP contribution < -0.4 is 0 Å². The summed E-state index contributed by atoms with van der Waals surface area (Å²) in [6.07, 6.45) is 10.5. The maximum Gasteiger partial charge on any atom is 0.309 e. The fourth-order valence-corrected chi connectivity index (χ4v) is 3.18. The molecule has 0 amide bonds. The van der Waals surface area contributed by atoms with Gasteiger partial charge in [-0.2, -0.15) is 0 Å². The molecule has 0 heterocycles. The van der Waals surface area contributed by atoms with Crippen LogP contribution in [-0.4, -0.2) is 46.7 Å². The number of carbonyl (C=O) groups excluding carboxylic acids is 1. The predicted molar refractivity (Wildman–Crippen MR) is 93.3 cm³/mol. The first kappa shape index (κ1) is 20.9. The largest absolute Gasteiger partial charge is 0.469 e. The van der Waals surface area contributed by atoms with E-state index in [9.17, 15) is 20.1 Å². The lowest BCUT2D eigenvalue weighted by atomic mass is 9.89. The van der Waals surface area contributed by atoms with Crippen molar-refractivity contribution in [1.29, 1.82) is 0 Å². The molecule has 1 aliphatic carbocycles. The lowest BCUT2D eigenvalue weighted by Gasteiger charge is -2.19. The number of hydrogen-bond donors (Lipinski definition) is 3. The Hall–Kier alpha value is -1.17. The van der Waals surface area contributed by atoms with Gasteiger partial charge >= 0.3 is 5.97 Å². The maximum atomic E-state index is 11.1. The van der Waals surface area contributed by atoms with E-state index in [0.717, 1.165) is 25.7 Å². The van der Waals surface area contributed by atoms with E-state index in [0.29, 0.717) is 12.8 Å². The molecule has 5 heteroatoms. The first-order valence-electron chi connectivity index (χ1n) is 8.93. The Morgan fingerprint density at radius 1 is 1.25 bits per heavy atom. The highest BCUT2D eigenvalue weighted by Crippen LogP contribution is 2.36. The van der Waals surface area contributed by atoms with E-state index in [-0.39, 0.29) is 24.2 Å². The molecule has 0 aromatic rings. The van der Waals surface area contributed by atoms with Gasteiger partial charge in [0, 0.05) is 12.3 Å². The third-order valence-corrected chi connectivity index (χ3v) is 4.66. The number of aliphatic hydroxyl groups excluding tert-OH is 3. The molecule has 0 aliphatic heterocycles. The summed E-state index contributed by atoms with van der Waals surface area (Å²) in [5.74, 6) is -0.582. The third kappa shape index (κ3) is 7.16. The van der Waals surface area contributed by atoms with Gasteiger partial charge in [0.2, 0.25) is 0 Å². The molecule has 0 saturated heterocycles. The van der Waals surface area contributed by atoms with Crippen LogP contribution in [0.2, 0.25) is 0 Å². The highest BCUT2D eigenvalue weighted by atomic mass is 16.5. The maximum absolute atomic E-state index is 11.1. The normalized spacial score (nSPS) is 28.7. The summed E-state index contributed by atoms with van der Waals surface area (Å²) in [6.45, 7) is 2.12. The van der Waals surface area contributed by atoms with Gasteiger partial charge in [-0.25, -0.2) is 0 Å². The van der Waals surface area contributed by atoms with Crippen LogP contribution in [-0.2, 0) is 9.53 Å². The summed E-state index contributed by atoms with van der Waals surface area (Å²) in [5.41, 5.74) is 0. The van der Waals surface area contributed by atoms with Gasteiger partial charge in [-0.3, -0.25) is 4.79 Å². The smallest absolute Gasteiger partial charge is 0.309 e. The first-order valence-corrected chi connectivity index (χ1v) is 8.93. The van der Waals surface area contributed by atoms with Gasteiger partial charge in [0.1, 0.15) is 0 Å². The van der Waals surface area contributed by atoms with E-state index in [1.807, 2.05) is 12.2 Å². The van der Waals surface area contributed by atoms with Crippen molar-refractivity contribution >= 4 is 5.97 Å². The SMILES string of the molecule is CCCCC[C@@H](O)C=C[C@H]1[C@@H](C/C=C\CC(=O)OC)[C@H](O)C[C@@H]1O. The molecule has 5 nitrogen and oxygen atoms in total. The summed E-state index contributed by atoms with van der Waals surface area (Å²) < 4.78 is 4.57. The molecule has 1 aliphatic rings. The van der Waals surface area contributed by atoms with Crippen molar-refractivity contribution in [2.45, 2.75) is 70.2 Å². The number of carbonyl (C=O) groups is 1. The molecule has 0 bridgehead atoms. The fourth-order valence-electron chi connectivity index (χ4n) is 3.18. The minimum absolute atomic E-state index is 0.104. The first-order chi connectivity index (χ1) is 11.5. The van der Waals surface area contributed by atoms with Crippen LogP contribution in [0.25, 0.3) is 0 Å². The molecule has 0 aromatic heterocycles. The van der Waals surface area contributed by atoms with Gasteiger partial charge in [-0.15, -0.1) is 0 Å². The number of hydrogen-bond acceptors (Lipinski definition) is 5. The molecule has 3 N–H and O–H groups in total. The van der Waals surface area contributed by atoms with E-state index < -0.39 is 18.3 Å². The molecule has 1 fully saturated rings. The molecule has 0 unspecified atom stereocenters. The lowest BCUT2D eigenvalue weighted by Crippen LogP contribution is -2.20. The second kappa shape index (κ2) is 11.4. The van der Waals surface area contributed by atoms with Crippen molar-refractivity contribution in [3.63, 3.8) is 0 Å². The Balaban J connectivity index is 2.54. The monoisotopic (exact) mass is 340 g/mol. The Labute approximate surface area is 145 Å². The van der Waals surface area contributed by atoms with Crippen molar-refractivity contribution in [1.82, 2.24) is 0 Å². The molecule has 0 radical (unpaired) electrons. The second-order valence-electron chi connectivity index (χ2n) is 6.55. The van der Waals surface area contributed by atoms with E-state index in [1.165, 1.54) is 7.11 Å².